The summed E-state index contributed by atoms with van der Waals surface area (Å²) in [5.74, 6) is 0.824. The van der Waals surface area contributed by atoms with E-state index in [0.717, 1.165) is 60.9 Å². The van der Waals surface area contributed by atoms with Gasteiger partial charge in [0.05, 0.1) is 12.2 Å². The first-order valence-electron chi connectivity index (χ1n) is 11.4. The summed E-state index contributed by atoms with van der Waals surface area (Å²) in [7, 11) is 2.72. The number of carbonyl (C=O) groups excluding carboxylic acids is 2. The predicted molar refractivity (Wildman–Crippen MR) is 137 cm³/mol. The number of benzene rings is 2. The number of fused-ring (bicyclic) bond motifs is 1. The molecule has 3 rings (SSSR count). The van der Waals surface area contributed by atoms with Gasteiger partial charge < -0.3 is 24.6 Å². The highest BCUT2D eigenvalue weighted by Crippen LogP contribution is 2.35. The minimum atomic E-state index is -0.500. The number of aliphatic hydroxyl groups excluding tert-OH is 1. The van der Waals surface area contributed by atoms with Crippen molar-refractivity contribution in [3.8, 4) is 5.75 Å². The fourth-order valence-electron chi connectivity index (χ4n) is 3.52. The first-order chi connectivity index (χ1) is 16.0. The Morgan fingerprint density at radius 1 is 1.15 bits per heavy atom. The standard InChI is InChI=1S/C23H25NO3.C4H10O.CH4O/c1-16-7-4-5-9-20(16)23(21(12-13-25)24(3)17(2)26)19-10-11-22-18(15-19)8-6-14-27-22;1-4(2,3)5;1-2/h4-5,7,9-11,13,15H,6,8,12,14H2,1-3H3;5H,1-3H3;2H,1H3/b23-21-;;. The summed E-state index contributed by atoms with van der Waals surface area (Å²) < 4.78 is 5.74. The second-order valence-electron chi connectivity index (χ2n) is 9.03. The number of aliphatic hydroxyl groups is 2. The van der Waals surface area contributed by atoms with Gasteiger partial charge in [0.15, 0.2) is 0 Å². The molecule has 1 heterocycles. The van der Waals surface area contributed by atoms with E-state index in [9.17, 15) is 9.59 Å². The third-order valence-electron chi connectivity index (χ3n) is 5.05. The Balaban J connectivity index is 0.000000733. The molecule has 6 heteroatoms. The average Bonchev–Trinajstić information content (AvgIpc) is 2.79. The van der Waals surface area contributed by atoms with Crippen molar-refractivity contribution in [3.05, 3.63) is 70.4 Å². The van der Waals surface area contributed by atoms with Crippen molar-refractivity contribution < 1.29 is 24.5 Å². The lowest BCUT2D eigenvalue weighted by molar-refractivity contribution is -0.125. The van der Waals surface area contributed by atoms with Gasteiger partial charge in [0.1, 0.15) is 12.0 Å². The molecule has 0 atom stereocenters. The number of amides is 1. The largest absolute Gasteiger partial charge is 0.493 e. The van der Waals surface area contributed by atoms with Gasteiger partial charge in [0, 0.05) is 38.8 Å². The summed E-state index contributed by atoms with van der Waals surface area (Å²) in [6.07, 6.45) is 2.99. The Bertz CT molecular complexity index is 983. The number of aryl methyl sites for hydroxylation is 2. The van der Waals surface area contributed by atoms with Crippen LogP contribution in [0, 0.1) is 6.92 Å². The van der Waals surface area contributed by atoms with Gasteiger partial charge in [-0.15, -0.1) is 0 Å². The molecule has 1 aliphatic rings. The topological polar surface area (TPSA) is 87.1 Å². The van der Waals surface area contributed by atoms with Gasteiger partial charge in [0.25, 0.3) is 0 Å². The summed E-state index contributed by atoms with van der Waals surface area (Å²) in [5.41, 5.74) is 5.43. The smallest absolute Gasteiger partial charge is 0.223 e. The number of rotatable bonds is 5. The Kier molecular flexibility index (Phi) is 11.7. The van der Waals surface area contributed by atoms with Crippen molar-refractivity contribution in [2.45, 2.75) is 59.5 Å². The minimum Gasteiger partial charge on any atom is -0.493 e. The van der Waals surface area contributed by atoms with E-state index in [1.807, 2.05) is 43.3 Å². The Morgan fingerprint density at radius 2 is 1.76 bits per heavy atom. The number of allylic oxidation sites excluding steroid dienone is 1. The second kappa shape index (κ2) is 13.7. The molecule has 0 unspecified atom stereocenters. The van der Waals surface area contributed by atoms with Crippen LogP contribution in [0.25, 0.3) is 5.57 Å². The van der Waals surface area contributed by atoms with Crippen LogP contribution >= 0.6 is 0 Å². The van der Waals surface area contributed by atoms with E-state index in [1.165, 1.54) is 12.5 Å². The Morgan fingerprint density at radius 3 is 2.32 bits per heavy atom. The number of carbonyl (C=O) groups is 2. The van der Waals surface area contributed by atoms with E-state index in [0.29, 0.717) is 5.70 Å². The Labute approximate surface area is 203 Å². The zero-order chi connectivity index (χ0) is 25.9. The zero-order valence-corrected chi connectivity index (χ0v) is 21.5. The second-order valence-corrected chi connectivity index (χ2v) is 9.03. The van der Waals surface area contributed by atoms with Crippen molar-refractivity contribution in [1.29, 1.82) is 0 Å². The van der Waals surface area contributed by atoms with E-state index in [2.05, 4.69) is 6.07 Å². The van der Waals surface area contributed by atoms with Gasteiger partial charge in [-0.1, -0.05) is 30.3 Å². The van der Waals surface area contributed by atoms with E-state index in [-0.39, 0.29) is 12.3 Å². The van der Waals surface area contributed by atoms with Crippen LogP contribution in [-0.2, 0) is 16.0 Å². The fraction of sp³-hybridized carbons (Fsp3) is 0.429. The normalized spacial score (nSPS) is 13.0. The molecule has 0 saturated carbocycles. The van der Waals surface area contributed by atoms with Crippen LogP contribution in [0.1, 0.15) is 62.8 Å². The van der Waals surface area contributed by atoms with Crippen LogP contribution in [0.5, 0.6) is 5.75 Å². The highest BCUT2D eigenvalue weighted by molar-refractivity contribution is 5.88. The summed E-state index contributed by atoms with van der Waals surface area (Å²) in [6, 6.07) is 14.2. The predicted octanol–water partition coefficient (Wildman–Crippen LogP) is 4.53. The molecular weight excluding hydrogens is 430 g/mol. The summed E-state index contributed by atoms with van der Waals surface area (Å²) in [5, 5.41) is 15.5. The van der Waals surface area contributed by atoms with Gasteiger partial charge >= 0.3 is 0 Å². The lowest BCUT2D eigenvalue weighted by Crippen LogP contribution is -2.25. The van der Waals surface area contributed by atoms with Gasteiger partial charge in [-0.2, -0.15) is 0 Å². The minimum absolute atomic E-state index is 0.0979. The van der Waals surface area contributed by atoms with Crippen molar-refractivity contribution in [1.82, 2.24) is 4.90 Å². The molecule has 2 aromatic rings. The van der Waals surface area contributed by atoms with Gasteiger partial charge in [-0.25, -0.2) is 0 Å². The Hall–Kier alpha value is -2.96. The maximum Gasteiger partial charge on any atom is 0.223 e. The molecule has 0 radical (unpaired) electrons. The van der Waals surface area contributed by atoms with E-state index < -0.39 is 5.60 Å². The van der Waals surface area contributed by atoms with Crippen LogP contribution in [0.15, 0.2) is 48.2 Å². The molecule has 0 aliphatic carbocycles. The molecule has 34 heavy (non-hydrogen) atoms. The van der Waals surface area contributed by atoms with Gasteiger partial charge in [0.2, 0.25) is 5.91 Å². The first-order valence-corrected chi connectivity index (χ1v) is 11.4. The molecule has 0 bridgehead atoms. The van der Waals surface area contributed by atoms with E-state index in [4.69, 9.17) is 14.9 Å². The van der Waals surface area contributed by atoms with Gasteiger partial charge in [-0.05, 0) is 74.9 Å². The summed E-state index contributed by atoms with van der Waals surface area (Å²) >= 11 is 0. The van der Waals surface area contributed by atoms with E-state index in [1.54, 1.807) is 32.7 Å². The average molecular weight is 470 g/mol. The third-order valence-corrected chi connectivity index (χ3v) is 5.05. The van der Waals surface area contributed by atoms with Crippen LogP contribution in [0.2, 0.25) is 0 Å². The number of aldehydes is 1. The molecule has 1 aliphatic heterocycles. The number of hydrogen-bond acceptors (Lipinski definition) is 5. The zero-order valence-electron chi connectivity index (χ0n) is 21.5. The van der Waals surface area contributed by atoms with Crippen LogP contribution in [-0.4, -0.2) is 53.7 Å². The first kappa shape index (κ1) is 29.1. The van der Waals surface area contributed by atoms with Crippen LogP contribution in [0.4, 0.5) is 0 Å². The highest BCUT2D eigenvalue weighted by atomic mass is 16.5. The monoisotopic (exact) mass is 469 g/mol. The van der Waals surface area contributed by atoms with Crippen LogP contribution in [0.3, 0.4) is 0 Å². The fourth-order valence-corrected chi connectivity index (χ4v) is 3.52. The SMILES string of the molecule is CC(=O)N(C)/C(CC=O)=C(/c1ccc2c(c1)CCCO2)c1ccccc1C.CC(C)(C)O.CO. The summed E-state index contributed by atoms with van der Waals surface area (Å²) in [4.78, 5) is 25.1. The molecule has 0 saturated heterocycles. The summed E-state index contributed by atoms with van der Waals surface area (Å²) in [6.45, 7) is 9.54. The van der Waals surface area contributed by atoms with Crippen molar-refractivity contribution in [2.75, 3.05) is 20.8 Å². The van der Waals surface area contributed by atoms with E-state index >= 15 is 0 Å². The maximum atomic E-state index is 12.1. The van der Waals surface area contributed by atoms with Crippen molar-refractivity contribution in [2.24, 2.45) is 0 Å². The van der Waals surface area contributed by atoms with Crippen LogP contribution < -0.4 is 4.74 Å². The molecule has 186 valence electrons. The molecule has 0 fully saturated rings. The molecule has 1 amide bonds. The molecule has 0 spiro atoms. The molecule has 2 N–H and O–H groups in total. The van der Waals surface area contributed by atoms with Crippen molar-refractivity contribution in [3.63, 3.8) is 0 Å². The lowest BCUT2D eigenvalue weighted by atomic mass is 9.89. The number of ether oxygens (including phenoxy) is 1. The molecule has 0 aromatic heterocycles. The highest BCUT2D eigenvalue weighted by Gasteiger charge is 2.21. The molecule has 2 aromatic carbocycles. The molecule has 6 nitrogen and oxygen atoms in total. The van der Waals surface area contributed by atoms with Gasteiger partial charge in [-0.3, -0.25) is 4.79 Å². The molecular formula is C28H39NO5. The quantitative estimate of drug-likeness (QED) is 0.628. The third kappa shape index (κ3) is 8.76. The van der Waals surface area contributed by atoms with Crippen molar-refractivity contribution >= 4 is 17.8 Å². The number of hydrogen-bond donors (Lipinski definition) is 2. The number of nitrogens with zero attached hydrogens (tertiary/aromatic N) is 1. The maximum absolute atomic E-state index is 12.1. The lowest BCUT2D eigenvalue weighted by Gasteiger charge is -2.25.